The van der Waals surface area contributed by atoms with Crippen LogP contribution >= 0.6 is 11.3 Å². The number of allylic oxidation sites excluding steroid dienone is 3. The molecule has 0 amide bonds. The molecule has 3 heteroatoms. The van der Waals surface area contributed by atoms with Crippen molar-refractivity contribution in [2.75, 3.05) is 0 Å². The van der Waals surface area contributed by atoms with Gasteiger partial charge in [-0.15, -0.1) is 11.3 Å². The number of hydrogen-bond donors (Lipinski definition) is 1. The topological polar surface area (TPSA) is 17.0 Å². The number of fused-ring (bicyclic) bond motifs is 7. The van der Waals surface area contributed by atoms with Gasteiger partial charge in [-0.3, -0.25) is 0 Å². The first-order valence-electron chi connectivity index (χ1n) is 15.4. The number of thiophene rings is 1. The second-order valence-electron chi connectivity index (χ2n) is 11.7. The van der Waals surface area contributed by atoms with E-state index in [-0.39, 0.29) is 6.04 Å². The molecule has 3 heterocycles. The molecule has 1 atom stereocenters. The summed E-state index contributed by atoms with van der Waals surface area (Å²) in [5.41, 5.74) is 11.4. The Morgan fingerprint density at radius 1 is 0.682 bits per heavy atom. The highest BCUT2D eigenvalue weighted by atomic mass is 32.1. The van der Waals surface area contributed by atoms with Gasteiger partial charge in [-0.05, 0) is 65.5 Å². The Balaban J connectivity index is 1.17. The molecule has 0 saturated heterocycles. The monoisotopic (exact) mass is 582 g/mol. The van der Waals surface area contributed by atoms with Crippen molar-refractivity contribution in [3.8, 4) is 5.69 Å². The van der Waals surface area contributed by atoms with Crippen LogP contribution < -0.4 is 5.32 Å². The Kier molecular flexibility index (Phi) is 5.92. The minimum absolute atomic E-state index is 0.0621. The first-order valence-corrected chi connectivity index (χ1v) is 16.2. The lowest BCUT2D eigenvalue weighted by molar-refractivity contribution is 0.766. The minimum Gasteiger partial charge on any atom is -0.374 e. The summed E-state index contributed by atoms with van der Waals surface area (Å²) in [6.45, 7) is 0. The number of nitrogens with zero attached hydrogens (tertiary/aromatic N) is 1. The van der Waals surface area contributed by atoms with Crippen molar-refractivity contribution in [2.45, 2.75) is 18.9 Å². The smallest absolute Gasteiger partial charge is 0.0716 e. The third kappa shape index (κ3) is 4.08. The number of aromatic nitrogens is 1. The first kappa shape index (κ1) is 25.4. The van der Waals surface area contributed by atoms with E-state index in [0.717, 1.165) is 18.5 Å². The molecule has 0 radical (unpaired) electrons. The highest BCUT2D eigenvalue weighted by molar-refractivity contribution is 7.26. The standard InChI is InChI=1S/C41H30N2S/c1-3-11-27(12-4-1)30-25-36(28-13-5-2-6-14-28)42-37(26-30)29-19-21-31(22-20-29)43-38-17-9-7-15-32(38)34-23-24-35-33-16-8-10-18-39(33)44-41(35)40(34)43/h1-8,10-16,18-26,37,42H,9,17H2. The van der Waals surface area contributed by atoms with Gasteiger partial charge in [0.05, 0.1) is 16.3 Å². The molecule has 2 aromatic heterocycles. The van der Waals surface area contributed by atoms with E-state index >= 15 is 0 Å². The second kappa shape index (κ2) is 10.3. The van der Waals surface area contributed by atoms with Crippen LogP contribution in [0.4, 0.5) is 0 Å². The highest BCUT2D eigenvalue weighted by Crippen LogP contribution is 2.43. The number of dihydropyridines is 1. The fourth-order valence-electron chi connectivity index (χ4n) is 7.00. The lowest BCUT2D eigenvalue weighted by atomic mass is 9.93. The summed E-state index contributed by atoms with van der Waals surface area (Å²) in [5.74, 6) is 0. The summed E-state index contributed by atoms with van der Waals surface area (Å²) < 4.78 is 5.26. The van der Waals surface area contributed by atoms with Crippen LogP contribution in [0, 0.1) is 0 Å². The fraction of sp³-hybridized carbons (Fsp3) is 0.0732. The maximum absolute atomic E-state index is 3.83. The quantitative estimate of drug-likeness (QED) is 0.218. The normalized spacial score (nSPS) is 16.1. The number of hydrogen-bond acceptors (Lipinski definition) is 2. The Morgan fingerprint density at radius 2 is 1.41 bits per heavy atom. The second-order valence-corrected chi connectivity index (χ2v) is 12.8. The zero-order valence-electron chi connectivity index (χ0n) is 24.2. The SMILES string of the molecule is C1=Cc2c(n(-c3ccc(C4C=C(c5ccccc5)C=C(c5ccccc5)N4)cc3)c3c2ccc2c4ccccc4sc23)CC1. The van der Waals surface area contributed by atoms with Crippen LogP contribution in [0.1, 0.15) is 40.4 Å². The number of benzene rings is 5. The van der Waals surface area contributed by atoms with Crippen molar-refractivity contribution in [1.82, 2.24) is 9.88 Å². The van der Waals surface area contributed by atoms with Gasteiger partial charge in [0, 0.05) is 43.5 Å². The maximum Gasteiger partial charge on any atom is 0.0716 e. The Labute approximate surface area is 260 Å². The fourth-order valence-corrected chi connectivity index (χ4v) is 8.24. The predicted molar refractivity (Wildman–Crippen MR) is 188 cm³/mol. The number of nitrogens with one attached hydrogen (secondary N) is 1. The molecule has 0 saturated carbocycles. The van der Waals surface area contributed by atoms with Gasteiger partial charge < -0.3 is 9.88 Å². The van der Waals surface area contributed by atoms with E-state index in [2.05, 4.69) is 156 Å². The molecule has 7 aromatic rings. The lowest BCUT2D eigenvalue weighted by Crippen LogP contribution is -2.21. The van der Waals surface area contributed by atoms with E-state index in [4.69, 9.17) is 0 Å². The van der Waals surface area contributed by atoms with Crippen molar-refractivity contribution in [2.24, 2.45) is 0 Å². The summed E-state index contributed by atoms with van der Waals surface area (Å²) in [4.78, 5) is 0. The Hall–Kier alpha value is -5.12. The largest absolute Gasteiger partial charge is 0.374 e. The summed E-state index contributed by atoms with van der Waals surface area (Å²) in [6, 6.07) is 44.1. The summed E-state index contributed by atoms with van der Waals surface area (Å²) in [7, 11) is 0. The molecular weight excluding hydrogens is 553 g/mol. The van der Waals surface area contributed by atoms with Crippen LogP contribution in [0.2, 0.25) is 0 Å². The van der Waals surface area contributed by atoms with E-state index in [0.29, 0.717) is 0 Å². The van der Waals surface area contributed by atoms with E-state index < -0.39 is 0 Å². The first-order chi connectivity index (χ1) is 21.8. The van der Waals surface area contributed by atoms with Crippen LogP contribution in [-0.4, -0.2) is 4.57 Å². The lowest BCUT2D eigenvalue weighted by Gasteiger charge is -2.26. The minimum atomic E-state index is 0.0621. The van der Waals surface area contributed by atoms with Crippen LogP contribution in [0.3, 0.4) is 0 Å². The Morgan fingerprint density at radius 3 is 2.23 bits per heavy atom. The zero-order valence-corrected chi connectivity index (χ0v) is 25.0. The Bertz CT molecular complexity index is 2280. The van der Waals surface area contributed by atoms with Crippen molar-refractivity contribution >= 4 is 59.8 Å². The molecule has 2 nitrogen and oxygen atoms in total. The maximum atomic E-state index is 3.83. The van der Waals surface area contributed by atoms with E-state index in [9.17, 15) is 0 Å². The highest BCUT2D eigenvalue weighted by Gasteiger charge is 2.23. The molecule has 0 bridgehead atoms. The molecular formula is C41H30N2S. The molecule has 9 rings (SSSR count). The van der Waals surface area contributed by atoms with Crippen molar-refractivity contribution in [3.63, 3.8) is 0 Å². The summed E-state index contributed by atoms with van der Waals surface area (Å²) in [5, 5.41) is 7.87. The van der Waals surface area contributed by atoms with Crippen LogP contribution in [0.5, 0.6) is 0 Å². The van der Waals surface area contributed by atoms with Gasteiger partial charge in [0.1, 0.15) is 0 Å². The van der Waals surface area contributed by atoms with E-state index in [1.165, 1.54) is 70.3 Å². The predicted octanol–water partition coefficient (Wildman–Crippen LogP) is 10.7. The van der Waals surface area contributed by atoms with Crippen molar-refractivity contribution in [1.29, 1.82) is 0 Å². The molecule has 210 valence electrons. The summed E-state index contributed by atoms with van der Waals surface area (Å²) in [6.07, 6.45) is 11.4. The van der Waals surface area contributed by atoms with Gasteiger partial charge >= 0.3 is 0 Å². The third-order valence-corrected chi connectivity index (χ3v) is 10.3. The average Bonchev–Trinajstić information content (AvgIpc) is 3.65. The van der Waals surface area contributed by atoms with E-state index in [1.807, 2.05) is 11.3 Å². The van der Waals surface area contributed by atoms with Crippen molar-refractivity contribution in [3.05, 3.63) is 168 Å². The third-order valence-electron chi connectivity index (χ3n) is 9.11. The molecule has 1 unspecified atom stereocenters. The van der Waals surface area contributed by atoms with Crippen molar-refractivity contribution < 1.29 is 0 Å². The van der Waals surface area contributed by atoms with Crippen LogP contribution in [-0.2, 0) is 6.42 Å². The van der Waals surface area contributed by atoms with Gasteiger partial charge in [0.15, 0.2) is 0 Å². The zero-order chi connectivity index (χ0) is 29.0. The van der Waals surface area contributed by atoms with Crippen LogP contribution in [0.25, 0.3) is 54.1 Å². The molecule has 5 aromatic carbocycles. The molecule has 1 aliphatic heterocycles. The van der Waals surface area contributed by atoms with Gasteiger partial charge in [-0.2, -0.15) is 0 Å². The number of rotatable bonds is 4. The van der Waals surface area contributed by atoms with Crippen LogP contribution in [0.15, 0.2) is 140 Å². The molecule has 2 aliphatic rings. The van der Waals surface area contributed by atoms with Gasteiger partial charge in [0.25, 0.3) is 0 Å². The van der Waals surface area contributed by atoms with Gasteiger partial charge in [-0.1, -0.05) is 115 Å². The molecule has 44 heavy (non-hydrogen) atoms. The molecule has 0 spiro atoms. The summed E-state index contributed by atoms with van der Waals surface area (Å²) >= 11 is 1.92. The molecule has 1 aliphatic carbocycles. The molecule has 1 N–H and O–H groups in total. The van der Waals surface area contributed by atoms with Gasteiger partial charge in [-0.25, -0.2) is 0 Å². The van der Waals surface area contributed by atoms with Gasteiger partial charge in [0.2, 0.25) is 0 Å². The average molecular weight is 583 g/mol. The van der Waals surface area contributed by atoms with E-state index in [1.54, 1.807) is 0 Å². The molecule has 0 fully saturated rings.